The molecule has 2 saturated heterocycles. The summed E-state index contributed by atoms with van der Waals surface area (Å²) in [5.74, 6) is -3.83. The highest BCUT2D eigenvalue weighted by Gasteiger charge is 2.71. The molecule has 0 unspecified atom stereocenters. The number of hydrogen-bond acceptors (Lipinski definition) is 9. The summed E-state index contributed by atoms with van der Waals surface area (Å²) in [5, 5.41) is 18.5. The van der Waals surface area contributed by atoms with Crippen LogP contribution in [0.5, 0.6) is 0 Å². The largest absolute Gasteiger partial charge is 0.455 e. The Balaban J connectivity index is 1.28. The van der Waals surface area contributed by atoms with Gasteiger partial charge in [-0.1, -0.05) is 72.0 Å². The zero-order valence-electron chi connectivity index (χ0n) is 26.8. The summed E-state index contributed by atoms with van der Waals surface area (Å²) in [4.78, 5) is 60.9. The van der Waals surface area contributed by atoms with Crippen molar-refractivity contribution in [2.45, 2.75) is 56.3 Å². The Hall–Kier alpha value is -4.88. The minimum atomic E-state index is -1.51. The van der Waals surface area contributed by atoms with Crippen LogP contribution in [0.25, 0.3) is 11.0 Å². The first-order valence-corrected chi connectivity index (χ1v) is 16.3. The molecule has 0 bridgehead atoms. The smallest absolute Gasteiger partial charge is 0.313 e. The number of likely N-dealkylation sites (N-methyl/N-ethyl adjacent to an activating group) is 1. The van der Waals surface area contributed by atoms with Crippen LogP contribution >= 0.6 is 0 Å². The van der Waals surface area contributed by atoms with Gasteiger partial charge >= 0.3 is 5.97 Å². The van der Waals surface area contributed by atoms with Crippen LogP contribution in [0.4, 0.5) is 0 Å². The zero-order chi connectivity index (χ0) is 33.6. The molecular weight excluding hydrogens is 616 g/mol. The lowest BCUT2D eigenvalue weighted by atomic mass is 9.77. The summed E-state index contributed by atoms with van der Waals surface area (Å²) in [6, 6.07) is 14.9. The topological polar surface area (TPSA) is 147 Å². The number of nitrogens with zero attached hydrogens (tertiary/aromatic N) is 6. The molecule has 2 fully saturated rings. The lowest BCUT2D eigenvalue weighted by Gasteiger charge is -2.35. The molecule has 0 aliphatic carbocycles. The van der Waals surface area contributed by atoms with E-state index in [0.717, 1.165) is 5.52 Å². The minimum absolute atomic E-state index is 0.0646. The van der Waals surface area contributed by atoms with Crippen LogP contribution < -0.4 is 0 Å². The number of allylic oxidation sites excluding steroid dienone is 1. The van der Waals surface area contributed by atoms with Crippen molar-refractivity contribution in [2.75, 3.05) is 26.7 Å². The molecule has 5 heterocycles. The number of aliphatic hydroxyl groups is 1. The van der Waals surface area contributed by atoms with Crippen molar-refractivity contribution in [1.82, 2.24) is 29.7 Å². The summed E-state index contributed by atoms with van der Waals surface area (Å²) < 4.78 is 14.6. The molecule has 1 spiro atoms. The molecule has 7 atom stereocenters. The highest BCUT2D eigenvalue weighted by Crippen LogP contribution is 2.53. The number of benzene rings is 2. The summed E-state index contributed by atoms with van der Waals surface area (Å²) >= 11 is 0. The fraction of sp³-hybridized carbons (Fsp3) is 0.429. The van der Waals surface area contributed by atoms with E-state index in [1.165, 1.54) is 4.90 Å². The molecule has 2 aromatic carbocycles. The van der Waals surface area contributed by atoms with Gasteiger partial charge in [0.15, 0.2) is 0 Å². The van der Waals surface area contributed by atoms with E-state index in [2.05, 4.69) is 10.3 Å². The second kappa shape index (κ2) is 12.6. The number of hydrogen-bond donors (Lipinski definition) is 1. The Kier molecular flexibility index (Phi) is 8.34. The number of carbonyl (C=O) groups excluding carboxylic acids is 4. The van der Waals surface area contributed by atoms with Crippen LogP contribution in [-0.2, 0) is 35.3 Å². The lowest BCUT2D eigenvalue weighted by Crippen LogP contribution is -2.55. The first kappa shape index (κ1) is 31.7. The van der Waals surface area contributed by atoms with E-state index < -0.39 is 59.5 Å². The van der Waals surface area contributed by atoms with E-state index in [1.807, 2.05) is 61.5 Å². The van der Waals surface area contributed by atoms with Crippen molar-refractivity contribution in [3.63, 3.8) is 0 Å². The summed E-state index contributed by atoms with van der Waals surface area (Å²) in [7, 11) is 1.69. The fourth-order valence-electron chi connectivity index (χ4n) is 7.59. The SMILES string of the molecule is C[C@H]1[C@H](c2ccccc2)OC(=O)[C@@H]2[C@H](/C=C\CCC(=O)N1C)O[C@@]13C=CCN(Cn4nnc5ccccc54)C(=O)[C@@H]1N(CCO)C(=O)[C@@H]23. The van der Waals surface area contributed by atoms with Crippen molar-refractivity contribution in [2.24, 2.45) is 11.8 Å². The van der Waals surface area contributed by atoms with E-state index in [9.17, 15) is 24.3 Å². The standard InChI is InChI=1S/C35H38N6O7/c1-22-30(23-11-4-3-5-12-23)47-34(46)28-26(15-8-9-16-27(43)38(22)2)48-35-17-10-18-39(21-41-25-14-7-6-13-24(25)36-37-41)33(45)31(35)40(19-20-42)32(44)29(28)35/h3-8,10-15,17,22,26,28-31,42H,9,16,18-21H2,1-2H3/b15-8-/t22-,26-,28+,29+,30+,31-,35+/m0/s1. The quantitative estimate of drug-likeness (QED) is 0.322. The van der Waals surface area contributed by atoms with Crippen LogP contribution in [0.1, 0.15) is 31.4 Å². The molecule has 13 heteroatoms. The van der Waals surface area contributed by atoms with Gasteiger partial charge in [-0.25, -0.2) is 4.68 Å². The number of likely N-dealkylation sites (tertiary alicyclic amines) is 1. The molecule has 48 heavy (non-hydrogen) atoms. The second-order valence-corrected chi connectivity index (χ2v) is 12.8. The average molecular weight is 655 g/mol. The Morgan fingerprint density at radius 1 is 1.00 bits per heavy atom. The molecule has 3 aromatic rings. The Morgan fingerprint density at radius 3 is 2.56 bits per heavy atom. The van der Waals surface area contributed by atoms with E-state index in [-0.39, 0.29) is 38.7 Å². The van der Waals surface area contributed by atoms with Crippen molar-refractivity contribution >= 4 is 34.7 Å². The molecule has 0 radical (unpaired) electrons. The molecular formula is C35H38N6O7. The lowest BCUT2D eigenvalue weighted by molar-refractivity contribution is -0.164. The molecule has 250 valence electrons. The maximum absolute atomic E-state index is 14.5. The Labute approximate surface area is 277 Å². The van der Waals surface area contributed by atoms with Crippen molar-refractivity contribution in [1.29, 1.82) is 0 Å². The van der Waals surface area contributed by atoms with Gasteiger partial charge in [-0.3, -0.25) is 19.2 Å². The summed E-state index contributed by atoms with van der Waals surface area (Å²) in [6.07, 6.45) is 5.90. The number of ether oxygens (including phenoxy) is 2. The summed E-state index contributed by atoms with van der Waals surface area (Å²) in [6.45, 7) is 1.58. The molecule has 0 saturated carbocycles. The molecule has 4 aliphatic rings. The van der Waals surface area contributed by atoms with Gasteiger partial charge in [0.1, 0.15) is 35.9 Å². The van der Waals surface area contributed by atoms with Crippen molar-refractivity contribution in [3.8, 4) is 0 Å². The van der Waals surface area contributed by atoms with Crippen molar-refractivity contribution < 1.29 is 33.8 Å². The van der Waals surface area contributed by atoms with E-state index in [4.69, 9.17) is 9.47 Å². The number of rotatable bonds is 5. The van der Waals surface area contributed by atoms with E-state index in [0.29, 0.717) is 17.5 Å². The normalized spacial score (nSPS) is 31.5. The van der Waals surface area contributed by atoms with Gasteiger partial charge in [0, 0.05) is 26.6 Å². The monoisotopic (exact) mass is 654 g/mol. The zero-order valence-corrected chi connectivity index (χ0v) is 26.8. The predicted molar refractivity (Wildman–Crippen MR) is 171 cm³/mol. The third-order valence-corrected chi connectivity index (χ3v) is 10.1. The van der Waals surface area contributed by atoms with Gasteiger partial charge < -0.3 is 29.3 Å². The Bertz CT molecular complexity index is 1790. The van der Waals surface area contributed by atoms with Crippen LogP contribution in [0.15, 0.2) is 78.9 Å². The number of esters is 1. The Morgan fingerprint density at radius 2 is 1.77 bits per heavy atom. The number of β-amino-alcohol motifs (C(OH)–C–C–N with tert-alkyl or cyclic N) is 1. The number of aromatic nitrogens is 3. The van der Waals surface area contributed by atoms with Crippen LogP contribution in [0.2, 0.25) is 0 Å². The fourth-order valence-corrected chi connectivity index (χ4v) is 7.59. The molecule has 1 aromatic heterocycles. The highest BCUT2D eigenvalue weighted by atomic mass is 16.6. The van der Waals surface area contributed by atoms with Gasteiger partial charge in [0.05, 0.1) is 30.2 Å². The molecule has 4 aliphatic heterocycles. The number of aliphatic hydroxyl groups excluding tert-OH is 1. The maximum Gasteiger partial charge on any atom is 0.313 e. The number of carbonyl (C=O) groups is 4. The van der Waals surface area contributed by atoms with E-state index >= 15 is 0 Å². The molecule has 3 amide bonds. The van der Waals surface area contributed by atoms with E-state index in [1.54, 1.807) is 45.8 Å². The predicted octanol–water partition coefficient (Wildman–Crippen LogP) is 1.84. The number of cyclic esters (lactones) is 1. The summed E-state index contributed by atoms with van der Waals surface area (Å²) in [5.41, 5.74) is 0.616. The first-order chi connectivity index (χ1) is 23.2. The van der Waals surface area contributed by atoms with Gasteiger partial charge in [-0.15, -0.1) is 5.10 Å². The van der Waals surface area contributed by atoms with Gasteiger partial charge in [0.25, 0.3) is 5.91 Å². The van der Waals surface area contributed by atoms with Crippen LogP contribution in [0.3, 0.4) is 0 Å². The first-order valence-electron chi connectivity index (χ1n) is 16.3. The number of fused-ring (bicyclic) bond motifs is 3. The van der Waals surface area contributed by atoms with Crippen molar-refractivity contribution in [3.05, 3.63) is 84.5 Å². The minimum Gasteiger partial charge on any atom is -0.455 e. The van der Waals surface area contributed by atoms with Gasteiger partial charge in [-0.05, 0) is 31.0 Å². The third-order valence-electron chi connectivity index (χ3n) is 10.1. The van der Waals surface area contributed by atoms with Gasteiger partial charge in [0.2, 0.25) is 11.8 Å². The third kappa shape index (κ3) is 5.17. The highest BCUT2D eigenvalue weighted by molar-refractivity contribution is 5.99. The maximum atomic E-state index is 14.5. The molecule has 1 N–H and O–H groups in total. The van der Waals surface area contributed by atoms with Crippen LogP contribution in [0, 0.1) is 11.8 Å². The van der Waals surface area contributed by atoms with Gasteiger partial charge in [-0.2, -0.15) is 0 Å². The molecule has 7 rings (SSSR count). The van der Waals surface area contributed by atoms with Crippen LogP contribution in [-0.4, -0.2) is 109 Å². The number of para-hydroxylation sites is 1. The second-order valence-electron chi connectivity index (χ2n) is 12.8. The average Bonchev–Trinajstić information content (AvgIpc) is 3.69. The number of amides is 3. The molecule has 13 nitrogen and oxygen atoms in total.